The maximum absolute atomic E-state index is 10.8. The maximum Gasteiger partial charge on any atom is 0.143 e. The summed E-state index contributed by atoms with van der Waals surface area (Å²) >= 11 is 0. The first-order chi connectivity index (χ1) is 10.6. The molecule has 0 unspecified atom stereocenters. The van der Waals surface area contributed by atoms with E-state index in [1.807, 2.05) is 19.3 Å². The summed E-state index contributed by atoms with van der Waals surface area (Å²) in [6.45, 7) is 3.13. The van der Waals surface area contributed by atoms with Crippen LogP contribution in [0, 0.1) is 0 Å². The van der Waals surface area contributed by atoms with Gasteiger partial charge in [0.05, 0.1) is 24.2 Å². The van der Waals surface area contributed by atoms with Crippen LogP contribution in [0.5, 0.6) is 0 Å². The van der Waals surface area contributed by atoms with Crippen molar-refractivity contribution in [3.05, 3.63) is 36.0 Å². The molecule has 3 aromatic heterocycles. The first kappa shape index (κ1) is 13.3. The molecular weight excluding hydrogens is 280 g/mol. The first-order valence-corrected chi connectivity index (χ1v) is 7.39. The summed E-state index contributed by atoms with van der Waals surface area (Å²) in [6, 6.07) is 1.86. The Labute approximate surface area is 127 Å². The fourth-order valence-corrected chi connectivity index (χ4v) is 3.25. The van der Waals surface area contributed by atoms with Crippen molar-refractivity contribution in [2.24, 2.45) is 7.05 Å². The molecule has 0 radical (unpaired) electrons. The molecule has 0 atom stereocenters. The van der Waals surface area contributed by atoms with Crippen LogP contribution in [-0.2, 0) is 19.1 Å². The number of nitrogens with one attached hydrogen (secondary N) is 1. The van der Waals surface area contributed by atoms with Crippen LogP contribution < -0.4 is 4.90 Å². The topological polar surface area (TPSA) is 82.9 Å². The quantitative estimate of drug-likeness (QED) is 0.752. The summed E-state index contributed by atoms with van der Waals surface area (Å²) in [5, 5.41) is 16.0. The van der Waals surface area contributed by atoms with Gasteiger partial charge < -0.3 is 15.0 Å². The van der Waals surface area contributed by atoms with Crippen LogP contribution in [0.25, 0.3) is 11.0 Å². The summed E-state index contributed by atoms with van der Waals surface area (Å²) in [7, 11) is 1.85. The SMILES string of the molecule is CCc1c[nH]c2ncnc(N3CC(O)(c4ccnn4C)C3)c12. The van der Waals surface area contributed by atoms with E-state index in [-0.39, 0.29) is 0 Å². The molecule has 7 nitrogen and oxygen atoms in total. The molecule has 0 bridgehead atoms. The van der Waals surface area contributed by atoms with Crippen LogP contribution in [0.15, 0.2) is 24.8 Å². The van der Waals surface area contributed by atoms with Gasteiger partial charge in [-0.25, -0.2) is 9.97 Å². The van der Waals surface area contributed by atoms with Gasteiger partial charge in [-0.3, -0.25) is 4.68 Å². The number of aromatic nitrogens is 5. The van der Waals surface area contributed by atoms with E-state index in [1.165, 1.54) is 5.56 Å². The third kappa shape index (κ3) is 1.75. The van der Waals surface area contributed by atoms with Crippen molar-refractivity contribution in [1.82, 2.24) is 24.7 Å². The lowest BCUT2D eigenvalue weighted by molar-refractivity contribution is -0.000323. The number of hydrogen-bond acceptors (Lipinski definition) is 5. The van der Waals surface area contributed by atoms with Crippen molar-refractivity contribution in [2.75, 3.05) is 18.0 Å². The standard InChI is InChI=1S/C15H18N6O/c1-3-10-6-16-13-12(10)14(18-9-17-13)21-7-15(22,8-21)11-4-5-19-20(11)2/h4-6,9,22H,3,7-8H2,1-2H3,(H,16,17,18). The van der Waals surface area contributed by atoms with E-state index in [4.69, 9.17) is 0 Å². The van der Waals surface area contributed by atoms with E-state index in [2.05, 4.69) is 31.9 Å². The molecule has 3 aromatic rings. The highest BCUT2D eigenvalue weighted by Gasteiger charge is 2.45. The molecule has 2 N–H and O–H groups in total. The van der Waals surface area contributed by atoms with E-state index >= 15 is 0 Å². The normalized spacial score (nSPS) is 17.0. The van der Waals surface area contributed by atoms with E-state index in [9.17, 15) is 5.11 Å². The fourth-order valence-electron chi connectivity index (χ4n) is 3.25. The zero-order valence-corrected chi connectivity index (χ0v) is 12.6. The van der Waals surface area contributed by atoms with Gasteiger partial charge in [0.2, 0.25) is 0 Å². The number of rotatable bonds is 3. The predicted molar refractivity (Wildman–Crippen MR) is 82.6 cm³/mol. The smallest absolute Gasteiger partial charge is 0.143 e. The van der Waals surface area contributed by atoms with Gasteiger partial charge in [-0.1, -0.05) is 6.92 Å². The summed E-state index contributed by atoms with van der Waals surface area (Å²) in [5.41, 5.74) is 2.00. The lowest BCUT2D eigenvalue weighted by Crippen LogP contribution is -2.60. The zero-order chi connectivity index (χ0) is 15.3. The molecule has 1 fully saturated rings. The molecule has 7 heteroatoms. The molecule has 22 heavy (non-hydrogen) atoms. The molecule has 0 saturated carbocycles. The van der Waals surface area contributed by atoms with E-state index in [1.54, 1.807) is 17.2 Å². The Bertz CT molecular complexity index is 830. The van der Waals surface area contributed by atoms with Crippen molar-refractivity contribution in [1.29, 1.82) is 0 Å². The van der Waals surface area contributed by atoms with Crippen LogP contribution in [0.2, 0.25) is 0 Å². The summed E-state index contributed by atoms with van der Waals surface area (Å²) in [6.07, 6.45) is 6.17. The molecular formula is C15H18N6O. The summed E-state index contributed by atoms with van der Waals surface area (Å²) in [5.74, 6) is 0.884. The Balaban J connectivity index is 1.69. The number of hydrogen-bond donors (Lipinski definition) is 2. The van der Waals surface area contributed by atoms with Gasteiger partial charge in [0.25, 0.3) is 0 Å². The van der Waals surface area contributed by atoms with Crippen LogP contribution in [-0.4, -0.2) is 42.9 Å². The summed E-state index contributed by atoms with van der Waals surface area (Å²) < 4.78 is 1.72. The number of aromatic amines is 1. The second kappa shape index (κ2) is 4.54. The minimum Gasteiger partial charge on any atom is -0.380 e. The molecule has 0 amide bonds. The molecule has 4 heterocycles. The van der Waals surface area contributed by atoms with Gasteiger partial charge in [0, 0.05) is 19.4 Å². The van der Waals surface area contributed by atoms with E-state index < -0.39 is 5.60 Å². The highest BCUT2D eigenvalue weighted by atomic mass is 16.3. The number of fused-ring (bicyclic) bond motifs is 1. The number of aryl methyl sites for hydroxylation is 2. The molecule has 1 aliphatic heterocycles. The third-order valence-corrected chi connectivity index (χ3v) is 4.41. The van der Waals surface area contributed by atoms with Crippen molar-refractivity contribution < 1.29 is 5.11 Å². The van der Waals surface area contributed by atoms with E-state index in [0.29, 0.717) is 13.1 Å². The fraction of sp³-hybridized carbons (Fsp3) is 0.400. The van der Waals surface area contributed by atoms with Crippen LogP contribution >= 0.6 is 0 Å². The largest absolute Gasteiger partial charge is 0.380 e. The Kier molecular flexibility index (Phi) is 2.74. The van der Waals surface area contributed by atoms with Crippen LogP contribution in [0.1, 0.15) is 18.2 Å². The van der Waals surface area contributed by atoms with Gasteiger partial charge in [-0.05, 0) is 18.1 Å². The number of H-pyrrole nitrogens is 1. The Morgan fingerprint density at radius 2 is 2.18 bits per heavy atom. The number of aliphatic hydroxyl groups is 1. The number of anilines is 1. The summed E-state index contributed by atoms with van der Waals surface area (Å²) in [4.78, 5) is 14.0. The van der Waals surface area contributed by atoms with Gasteiger partial charge in [-0.2, -0.15) is 5.10 Å². The van der Waals surface area contributed by atoms with E-state index in [0.717, 1.165) is 29.0 Å². The van der Waals surface area contributed by atoms with Gasteiger partial charge in [0.1, 0.15) is 23.4 Å². The Morgan fingerprint density at radius 3 is 2.86 bits per heavy atom. The molecule has 4 rings (SSSR count). The average molecular weight is 298 g/mol. The minimum absolute atomic E-state index is 0.507. The van der Waals surface area contributed by atoms with Gasteiger partial charge in [-0.15, -0.1) is 0 Å². The molecule has 0 aromatic carbocycles. The second-order valence-electron chi connectivity index (χ2n) is 5.82. The molecule has 0 spiro atoms. The minimum atomic E-state index is -0.870. The first-order valence-electron chi connectivity index (χ1n) is 7.39. The number of nitrogens with zero attached hydrogens (tertiary/aromatic N) is 5. The maximum atomic E-state index is 10.8. The Morgan fingerprint density at radius 1 is 1.36 bits per heavy atom. The van der Waals surface area contributed by atoms with Gasteiger partial charge in [0.15, 0.2) is 0 Å². The molecule has 1 aliphatic rings. The Hall–Kier alpha value is -2.41. The monoisotopic (exact) mass is 298 g/mol. The van der Waals surface area contributed by atoms with Crippen LogP contribution in [0.3, 0.4) is 0 Å². The third-order valence-electron chi connectivity index (χ3n) is 4.41. The van der Waals surface area contributed by atoms with Crippen molar-refractivity contribution >= 4 is 16.9 Å². The number of β-amino-alcohol motifs (C(OH)–C–C–N with tert-alkyl or cyclic N) is 1. The van der Waals surface area contributed by atoms with Crippen molar-refractivity contribution in [3.8, 4) is 0 Å². The molecule has 0 aliphatic carbocycles. The lowest BCUT2D eigenvalue weighted by atomic mass is 9.90. The van der Waals surface area contributed by atoms with Crippen LogP contribution in [0.4, 0.5) is 5.82 Å². The molecule has 1 saturated heterocycles. The predicted octanol–water partition coefficient (Wildman–Crippen LogP) is 0.962. The zero-order valence-electron chi connectivity index (χ0n) is 12.6. The van der Waals surface area contributed by atoms with Gasteiger partial charge >= 0.3 is 0 Å². The highest BCUT2D eigenvalue weighted by molar-refractivity contribution is 5.91. The lowest BCUT2D eigenvalue weighted by Gasteiger charge is -2.47. The molecule has 114 valence electrons. The van der Waals surface area contributed by atoms with Crippen molar-refractivity contribution in [3.63, 3.8) is 0 Å². The van der Waals surface area contributed by atoms with Crippen molar-refractivity contribution in [2.45, 2.75) is 18.9 Å². The second-order valence-corrected chi connectivity index (χ2v) is 5.82. The average Bonchev–Trinajstić information content (AvgIpc) is 3.09. The highest BCUT2D eigenvalue weighted by Crippen LogP contribution is 2.37.